The minimum absolute atomic E-state index is 0.0688. The molecular weight excluding hydrogens is 254 g/mol. The van der Waals surface area contributed by atoms with Crippen molar-refractivity contribution >= 4 is 10.0 Å². The Hall–Kier alpha value is -1.27. The van der Waals surface area contributed by atoms with Gasteiger partial charge in [0.15, 0.2) is 11.5 Å². The second-order valence-electron chi connectivity index (χ2n) is 3.86. The van der Waals surface area contributed by atoms with Gasteiger partial charge < -0.3 is 9.47 Å². The van der Waals surface area contributed by atoms with E-state index in [1.807, 2.05) is 13.0 Å². The molecule has 0 fully saturated rings. The van der Waals surface area contributed by atoms with E-state index >= 15 is 0 Å². The number of rotatable bonds is 6. The van der Waals surface area contributed by atoms with Crippen LogP contribution in [0.3, 0.4) is 0 Å². The Bertz CT molecular complexity index is 511. The predicted octanol–water partition coefficient (Wildman–Crippen LogP) is 1.45. The van der Waals surface area contributed by atoms with Crippen LogP contribution in [0.5, 0.6) is 11.5 Å². The summed E-state index contributed by atoms with van der Waals surface area (Å²) < 4.78 is 35.7. The van der Waals surface area contributed by atoms with Crippen LogP contribution in [0.15, 0.2) is 12.1 Å². The van der Waals surface area contributed by atoms with Gasteiger partial charge >= 0.3 is 0 Å². The van der Waals surface area contributed by atoms with Crippen LogP contribution in [0.4, 0.5) is 0 Å². The van der Waals surface area contributed by atoms with Crippen LogP contribution in [0.2, 0.25) is 0 Å². The zero-order valence-corrected chi connectivity index (χ0v) is 11.9. The molecule has 1 rings (SSSR count). The Balaban J connectivity index is 2.96. The van der Waals surface area contributed by atoms with Gasteiger partial charge in [0.2, 0.25) is 10.0 Å². The Kier molecular flexibility index (Phi) is 4.98. The van der Waals surface area contributed by atoms with E-state index in [4.69, 9.17) is 9.47 Å². The van der Waals surface area contributed by atoms with Crippen molar-refractivity contribution in [3.63, 3.8) is 0 Å². The fraction of sp³-hybridized carbons (Fsp3) is 0.500. The van der Waals surface area contributed by atoms with Crippen LogP contribution in [-0.4, -0.2) is 28.4 Å². The lowest BCUT2D eigenvalue weighted by molar-refractivity contribution is 0.354. The van der Waals surface area contributed by atoms with E-state index in [1.54, 1.807) is 27.2 Å². The molecule has 0 amide bonds. The fourth-order valence-electron chi connectivity index (χ4n) is 1.50. The molecule has 5 nitrogen and oxygen atoms in total. The summed E-state index contributed by atoms with van der Waals surface area (Å²) in [6.45, 7) is 3.75. The minimum Gasteiger partial charge on any atom is -0.493 e. The number of benzene rings is 1. The highest BCUT2D eigenvalue weighted by molar-refractivity contribution is 7.89. The van der Waals surface area contributed by atoms with Gasteiger partial charge in [-0.05, 0) is 37.1 Å². The zero-order chi connectivity index (χ0) is 13.8. The number of hydrogen-bond donors (Lipinski definition) is 1. The van der Waals surface area contributed by atoms with Gasteiger partial charge in [-0.1, -0.05) is 0 Å². The van der Waals surface area contributed by atoms with Crippen LogP contribution >= 0.6 is 0 Å². The molecule has 0 saturated heterocycles. The smallest absolute Gasteiger partial charge is 0.211 e. The van der Waals surface area contributed by atoms with E-state index in [0.29, 0.717) is 11.5 Å². The van der Waals surface area contributed by atoms with Crippen molar-refractivity contribution in [1.82, 2.24) is 4.72 Å². The lowest BCUT2D eigenvalue weighted by atomic mass is 10.1. The molecule has 6 heteroatoms. The van der Waals surface area contributed by atoms with Gasteiger partial charge in [-0.25, -0.2) is 13.1 Å². The molecule has 0 bridgehead atoms. The minimum atomic E-state index is -3.19. The second kappa shape index (κ2) is 6.06. The first kappa shape index (κ1) is 14.8. The first-order valence-electron chi connectivity index (χ1n) is 5.62. The van der Waals surface area contributed by atoms with Crippen molar-refractivity contribution in [3.8, 4) is 11.5 Å². The number of aryl methyl sites for hydroxylation is 1. The highest BCUT2D eigenvalue weighted by Crippen LogP contribution is 2.30. The summed E-state index contributed by atoms with van der Waals surface area (Å²) in [7, 11) is -0.0768. The van der Waals surface area contributed by atoms with Crippen LogP contribution in [0.1, 0.15) is 18.1 Å². The Labute approximate surface area is 108 Å². The number of ether oxygens (including phenoxy) is 2. The molecule has 0 aromatic heterocycles. The van der Waals surface area contributed by atoms with Gasteiger partial charge in [0.05, 0.1) is 20.0 Å². The van der Waals surface area contributed by atoms with Crippen molar-refractivity contribution in [2.75, 3.05) is 20.0 Å². The average Bonchev–Trinajstić information content (AvgIpc) is 2.36. The largest absolute Gasteiger partial charge is 0.493 e. The Morgan fingerprint density at radius 3 is 2.22 bits per heavy atom. The summed E-state index contributed by atoms with van der Waals surface area (Å²) in [4.78, 5) is 0. The summed E-state index contributed by atoms with van der Waals surface area (Å²) in [5, 5.41) is 0. The molecule has 18 heavy (non-hydrogen) atoms. The van der Waals surface area contributed by atoms with Gasteiger partial charge in [0, 0.05) is 6.54 Å². The van der Waals surface area contributed by atoms with E-state index in [0.717, 1.165) is 11.1 Å². The molecule has 0 atom stereocenters. The Morgan fingerprint density at radius 1 is 1.17 bits per heavy atom. The van der Waals surface area contributed by atoms with E-state index in [-0.39, 0.29) is 12.3 Å². The third-order valence-electron chi connectivity index (χ3n) is 2.70. The van der Waals surface area contributed by atoms with Crippen molar-refractivity contribution in [2.24, 2.45) is 0 Å². The molecule has 0 aliphatic carbocycles. The molecule has 0 saturated carbocycles. The standard InChI is InChI=1S/C12H19NO4S/c1-5-18(14,15)13-8-10-7-12(17-4)11(16-3)6-9(10)2/h6-7,13H,5,8H2,1-4H3. The van der Waals surface area contributed by atoms with Crippen LogP contribution < -0.4 is 14.2 Å². The van der Waals surface area contributed by atoms with Crippen molar-refractivity contribution < 1.29 is 17.9 Å². The highest BCUT2D eigenvalue weighted by Gasteiger charge is 2.11. The molecular formula is C12H19NO4S. The van der Waals surface area contributed by atoms with Gasteiger partial charge in [0.1, 0.15) is 0 Å². The van der Waals surface area contributed by atoms with Gasteiger partial charge in [-0.3, -0.25) is 0 Å². The van der Waals surface area contributed by atoms with Gasteiger partial charge in [-0.15, -0.1) is 0 Å². The monoisotopic (exact) mass is 273 g/mol. The highest BCUT2D eigenvalue weighted by atomic mass is 32.2. The van der Waals surface area contributed by atoms with E-state index in [9.17, 15) is 8.42 Å². The lowest BCUT2D eigenvalue weighted by Crippen LogP contribution is -2.25. The topological polar surface area (TPSA) is 64.6 Å². The van der Waals surface area contributed by atoms with Crippen molar-refractivity contribution in [1.29, 1.82) is 0 Å². The molecule has 0 radical (unpaired) electrons. The zero-order valence-electron chi connectivity index (χ0n) is 11.1. The molecule has 0 aliphatic rings. The molecule has 102 valence electrons. The molecule has 1 aromatic rings. The van der Waals surface area contributed by atoms with Gasteiger partial charge in [-0.2, -0.15) is 0 Å². The van der Waals surface area contributed by atoms with Gasteiger partial charge in [0.25, 0.3) is 0 Å². The first-order chi connectivity index (χ1) is 8.43. The average molecular weight is 273 g/mol. The summed E-state index contributed by atoms with van der Waals surface area (Å²) >= 11 is 0. The molecule has 1 N–H and O–H groups in total. The number of nitrogens with one attached hydrogen (secondary N) is 1. The number of sulfonamides is 1. The van der Waals surface area contributed by atoms with Crippen LogP contribution in [0.25, 0.3) is 0 Å². The summed E-state index contributed by atoms with van der Waals surface area (Å²) in [5.41, 5.74) is 1.82. The molecule has 0 aliphatic heterocycles. The predicted molar refractivity (Wildman–Crippen MR) is 70.6 cm³/mol. The molecule has 0 spiro atoms. The number of methoxy groups -OCH3 is 2. The Morgan fingerprint density at radius 2 is 1.72 bits per heavy atom. The summed E-state index contributed by atoms with van der Waals surface area (Å²) in [6.07, 6.45) is 0. The third kappa shape index (κ3) is 3.61. The van der Waals surface area contributed by atoms with E-state index < -0.39 is 10.0 Å². The van der Waals surface area contributed by atoms with Crippen LogP contribution in [-0.2, 0) is 16.6 Å². The SMILES string of the molecule is CCS(=O)(=O)NCc1cc(OC)c(OC)cc1C. The maximum Gasteiger partial charge on any atom is 0.211 e. The maximum absolute atomic E-state index is 11.4. The van der Waals surface area contributed by atoms with E-state index in [1.165, 1.54) is 0 Å². The first-order valence-corrected chi connectivity index (χ1v) is 7.27. The lowest BCUT2D eigenvalue weighted by Gasteiger charge is -2.13. The number of hydrogen-bond acceptors (Lipinski definition) is 4. The second-order valence-corrected chi connectivity index (χ2v) is 5.95. The summed E-state index contributed by atoms with van der Waals surface area (Å²) in [6, 6.07) is 3.61. The van der Waals surface area contributed by atoms with E-state index in [2.05, 4.69) is 4.72 Å². The normalized spacial score (nSPS) is 11.3. The van der Waals surface area contributed by atoms with Crippen molar-refractivity contribution in [2.45, 2.75) is 20.4 Å². The molecule has 0 heterocycles. The van der Waals surface area contributed by atoms with Crippen LogP contribution in [0, 0.1) is 6.92 Å². The quantitative estimate of drug-likeness (QED) is 0.852. The fourth-order valence-corrected chi connectivity index (χ4v) is 2.08. The summed E-state index contributed by atoms with van der Waals surface area (Å²) in [5.74, 6) is 1.30. The molecule has 0 unspecified atom stereocenters. The van der Waals surface area contributed by atoms with Crippen molar-refractivity contribution in [3.05, 3.63) is 23.3 Å². The molecule has 1 aromatic carbocycles. The maximum atomic E-state index is 11.4. The third-order valence-corrected chi connectivity index (χ3v) is 4.05.